The van der Waals surface area contributed by atoms with Gasteiger partial charge in [0.2, 0.25) is 0 Å². The number of carboxylic acid groups (broad SMARTS) is 1. The maximum Gasteiger partial charge on any atom is 0.356 e. The van der Waals surface area contributed by atoms with E-state index in [1.54, 1.807) is 14.2 Å². The molecule has 7 nitrogen and oxygen atoms in total. The van der Waals surface area contributed by atoms with Gasteiger partial charge in [0.25, 0.3) is 0 Å². The maximum absolute atomic E-state index is 10.7. The molecule has 0 spiro atoms. The number of aromatic nitrogens is 2. The van der Waals surface area contributed by atoms with Gasteiger partial charge in [-0.1, -0.05) is 0 Å². The van der Waals surface area contributed by atoms with Crippen LogP contribution in [0.4, 0.5) is 5.82 Å². The van der Waals surface area contributed by atoms with Gasteiger partial charge in [0.15, 0.2) is 5.69 Å². The van der Waals surface area contributed by atoms with Gasteiger partial charge in [-0.25, -0.2) is 9.78 Å². The van der Waals surface area contributed by atoms with Crippen LogP contribution < -0.4 is 5.32 Å². The summed E-state index contributed by atoms with van der Waals surface area (Å²) >= 11 is 0. The van der Waals surface area contributed by atoms with Crippen molar-refractivity contribution in [3.8, 4) is 0 Å². The van der Waals surface area contributed by atoms with Crippen molar-refractivity contribution in [2.75, 3.05) is 32.7 Å². The first kappa shape index (κ1) is 13.3. The van der Waals surface area contributed by atoms with E-state index in [0.29, 0.717) is 19.0 Å². The molecule has 0 saturated carbocycles. The summed E-state index contributed by atoms with van der Waals surface area (Å²) in [5.74, 6) is -0.718. The van der Waals surface area contributed by atoms with Crippen LogP contribution in [0.15, 0.2) is 12.4 Å². The van der Waals surface area contributed by atoms with Gasteiger partial charge in [-0.15, -0.1) is 0 Å². The number of carboxylic acids is 1. The summed E-state index contributed by atoms with van der Waals surface area (Å²) in [5.41, 5.74) is -0.101. The molecular weight excluding hydrogens is 226 g/mol. The average molecular weight is 241 g/mol. The zero-order valence-corrected chi connectivity index (χ0v) is 9.71. The highest BCUT2D eigenvalue weighted by Crippen LogP contribution is 2.03. The Kier molecular flexibility index (Phi) is 5.31. The molecule has 94 valence electrons. The topological polar surface area (TPSA) is 93.6 Å². The van der Waals surface area contributed by atoms with Crippen molar-refractivity contribution in [3.05, 3.63) is 18.1 Å². The number of carbonyl (C=O) groups is 1. The zero-order chi connectivity index (χ0) is 12.7. The number of ether oxygens (including phenoxy) is 2. The Bertz CT molecular complexity index is 372. The minimum Gasteiger partial charge on any atom is -0.476 e. The number of hydrogen-bond donors (Lipinski definition) is 2. The normalized spacial score (nSPS) is 12.1. The highest BCUT2D eigenvalue weighted by atomic mass is 16.5. The second-order valence-electron chi connectivity index (χ2n) is 3.29. The monoisotopic (exact) mass is 241 g/mol. The zero-order valence-electron chi connectivity index (χ0n) is 9.71. The largest absolute Gasteiger partial charge is 0.476 e. The third-order valence-electron chi connectivity index (χ3n) is 2.05. The van der Waals surface area contributed by atoms with Gasteiger partial charge in [0.1, 0.15) is 5.82 Å². The molecular formula is C10H15N3O4. The van der Waals surface area contributed by atoms with Crippen molar-refractivity contribution in [2.24, 2.45) is 0 Å². The van der Waals surface area contributed by atoms with Crippen LogP contribution in [-0.2, 0) is 9.47 Å². The lowest BCUT2D eigenvalue weighted by atomic mass is 10.3. The molecule has 1 aromatic rings. The van der Waals surface area contributed by atoms with E-state index in [9.17, 15) is 4.79 Å². The van der Waals surface area contributed by atoms with Crippen molar-refractivity contribution in [1.82, 2.24) is 9.97 Å². The Balaban J connectivity index is 2.56. The lowest BCUT2D eigenvalue weighted by Gasteiger charge is -2.15. The SMILES string of the molecule is COCC(CNc1cncc(C(=O)O)n1)OC. The molecule has 1 atom stereocenters. The van der Waals surface area contributed by atoms with Crippen LogP contribution in [0.5, 0.6) is 0 Å². The summed E-state index contributed by atoms with van der Waals surface area (Å²) in [6.45, 7) is 0.900. The van der Waals surface area contributed by atoms with E-state index in [0.717, 1.165) is 0 Å². The first-order valence-corrected chi connectivity index (χ1v) is 4.98. The van der Waals surface area contributed by atoms with Crippen molar-refractivity contribution in [1.29, 1.82) is 0 Å². The van der Waals surface area contributed by atoms with E-state index >= 15 is 0 Å². The van der Waals surface area contributed by atoms with Crippen LogP contribution in [-0.4, -0.2) is 54.5 Å². The Morgan fingerprint density at radius 3 is 2.88 bits per heavy atom. The molecule has 1 aromatic heterocycles. The second-order valence-corrected chi connectivity index (χ2v) is 3.29. The summed E-state index contributed by atoms with van der Waals surface area (Å²) in [7, 11) is 3.15. The van der Waals surface area contributed by atoms with Gasteiger partial charge < -0.3 is 19.9 Å². The maximum atomic E-state index is 10.7. The molecule has 0 aliphatic heterocycles. The number of anilines is 1. The number of nitrogens with one attached hydrogen (secondary N) is 1. The van der Waals surface area contributed by atoms with Gasteiger partial charge >= 0.3 is 5.97 Å². The van der Waals surface area contributed by atoms with Crippen molar-refractivity contribution in [2.45, 2.75) is 6.10 Å². The van der Waals surface area contributed by atoms with Crippen molar-refractivity contribution in [3.63, 3.8) is 0 Å². The van der Waals surface area contributed by atoms with E-state index in [1.165, 1.54) is 12.4 Å². The Hall–Kier alpha value is -1.73. The predicted molar refractivity (Wildman–Crippen MR) is 60.2 cm³/mol. The van der Waals surface area contributed by atoms with Crippen molar-refractivity contribution < 1.29 is 19.4 Å². The minimum absolute atomic E-state index is 0.101. The molecule has 0 fully saturated rings. The molecule has 1 heterocycles. The lowest BCUT2D eigenvalue weighted by molar-refractivity contribution is 0.0365. The van der Waals surface area contributed by atoms with Gasteiger partial charge in [-0.2, -0.15) is 0 Å². The molecule has 17 heavy (non-hydrogen) atoms. The first-order valence-electron chi connectivity index (χ1n) is 4.98. The molecule has 0 aliphatic rings. The predicted octanol–water partition coefficient (Wildman–Crippen LogP) is 0.248. The number of aromatic carboxylic acids is 1. The molecule has 0 bridgehead atoms. The fraction of sp³-hybridized carbons (Fsp3) is 0.500. The molecule has 1 unspecified atom stereocenters. The molecule has 0 amide bonds. The van der Waals surface area contributed by atoms with Gasteiger partial charge in [-0.05, 0) is 0 Å². The molecule has 0 radical (unpaired) electrons. The molecule has 0 aromatic carbocycles. The first-order chi connectivity index (χ1) is 8.17. The number of rotatable bonds is 7. The van der Waals surface area contributed by atoms with Crippen LogP contribution in [0.1, 0.15) is 10.5 Å². The minimum atomic E-state index is -1.11. The number of hydrogen-bond acceptors (Lipinski definition) is 6. The van der Waals surface area contributed by atoms with Gasteiger partial charge in [0.05, 0.1) is 25.1 Å². The van der Waals surface area contributed by atoms with Crippen LogP contribution in [0.25, 0.3) is 0 Å². The fourth-order valence-corrected chi connectivity index (χ4v) is 1.17. The molecule has 7 heteroatoms. The van der Waals surface area contributed by atoms with E-state index < -0.39 is 5.97 Å². The van der Waals surface area contributed by atoms with E-state index in [1.807, 2.05) is 0 Å². The molecule has 2 N–H and O–H groups in total. The van der Waals surface area contributed by atoms with E-state index in [2.05, 4.69) is 15.3 Å². The highest BCUT2D eigenvalue weighted by molar-refractivity contribution is 5.85. The van der Waals surface area contributed by atoms with Gasteiger partial charge in [-0.3, -0.25) is 4.98 Å². The second kappa shape index (κ2) is 6.77. The summed E-state index contributed by atoms with van der Waals surface area (Å²) < 4.78 is 10.1. The van der Waals surface area contributed by atoms with E-state index in [4.69, 9.17) is 14.6 Å². The van der Waals surface area contributed by atoms with Crippen molar-refractivity contribution >= 4 is 11.8 Å². The Morgan fingerprint density at radius 2 is 2.29 bits per heavy atom. The smallest absolute Gasteiger partial charge is 0.356 e. The number of nitrogens with zero attached hydrogens (tertiary/aromatic N) is 2. The summed E-state index contributed by atoms with van der Waals surface area (Å²) in [5, 5.41) is 11.7. The van der Waals surface area contributed by atoms with Crippen LogP contribution in [0, 0.1) is 0 Å². The lowest BCUT2D eigenvalue weighted by Crippen LogP contribution is -2.27. The van der Waals surface area contributed by atoms with Gasteiger partial charge in [0, 0.05) is 20.8 Å². The summed E-state index contributed by atoms with van der Waals surface area (Å²) in [6.07, 6.45) is 2.51. The number of methoxy groups -OCH3 is 2. The van der Waals surface area contributed by atoms with E-state index in [-0.39, 0.29) is 11.8 Å². The average Bonchev–Trinajstić information content (AvgIpc) is 2.34. The van der Waals surface area contributed by atoms with Crippen LogP contribution in [0.3, 0.4) is 0 Å². The van der Waals surface area contributed by atoms with Crippen LogP contribution in [0.2, 0.25) is 0 Å². The quantitative estimate of drug-likeness (QED) is 0.706. The third-order valence-corrected chi connectivity index (χ3v) is 2.05. The fourth-order valence-electron chi connectivity index (χ4n) is 1.17. The molecule has 0 saturated heterocycles. The Morgan fingerprint density at radius 1 is 1.53 bits per heavy atom. The van der Waals surface area contributed by atoms with Crippen LogP contribution >= 0.6 is 0 Å². The Labute approximate surface area is 98.8 Å². The summed E-state index contributed by atoms with van der Waals surface area (Å²) in [4.78, 5) is 18.3. The summed E-state index contributed by atoms with van der Waals surface area (Å²) in [6, 6.07) is 0. The molecule has 1 rings (SSSR count). The molecule has 0 aliphatic carbocycles. The third kappa shape index (κ3) is 4.33. The standard InChI is InChI=1S/C10H15N3O4/c1-16-6-7(17-2)3-12-9-5-11-4-8(13-9)10(14)15/h4-5,7H,3,6H2,1-2H3,(H,12,13)(H,14,15). The highest BCUT2D eigenvalue weighted by Gasteiger charge is 2.09.